The van der Waals surface area contributed by atoms with Crippen LogP contribution in [0.1, 0.15) is 0 Å². The van der Waals surface area contributed by atoms with Crippen molar-refractivity contribution in [2.45, 2.75) is 0 Å². The standard InChI is InChI=1S/C14H14N4O3/c1-4-5-21-14-17-10-7-12(20-3)11(19-2)6-9(10)13-15-8-16-18(13)14/h4,6-8H,1,5H2,2-3H3. The molecule has 7 heteroatoms. The molecule has 0 amide bonds. The first kappa shape index (κ1) is 13.2. The van der Waals surface area contributed by atoms with Gasteiger partial charge in [-0.05, 0) is 6.07 Å². The summed E-state index contributed by atoms with van der Waals surface area (Å²) in [5, 5.41) is 4.93. The fraction of sp³-hybridized carbons (Fsp3) is 0.214. The first-order valence-corrected chi connectivity index (χ1v) is 6.27. The van der Waals surface area contributed by atoms with E-state index in [9.17, 15) is 0 Å². The molecule has 108 valence electrons. The van der Waals surface area contributed by atoms with Gasteiger partial charge in [0.05, 0.1) is 19.7 Å². The topological polar surface area (TPSA) is 70.8 Å². The molecule has 0 N–H and O–H groups in total. The summed E-state index contributed by atoms with van der Waals surface area (Å²) in [4.78, 5) is 8.71. The number of hydrogen-bond acceptors (Lipinski definition) is 6. The number of ether oxygens (including phenoxy) is 3. The average Bonchev–Trinajstić information content (AvgIpc) is 3.01. The van der Waals surface area contributed by atoms with E-state index in [1.54, 1.807) is 26.4 Å². The molecule has 3 rings (SSSR count). The molecule has 0 aliphatic heterocycles. The highest BCUT2D eigenvalue weighted by Crippen LogP contribution is 2.33. The van der Waals surface area contributed by atoms with Gasteiger partial charge in [0.1, 0.15) is 12.9 Å². The third-order valence-corrected chi connectivity index (χ3v) is 3.02. The van der Waals surface area contributed by atoms with Crippen molar-refractivity contribution in [3.8, 4) is 17.5 Å². The van der Waals surface area contributed by atoms with Gasteiger partial charge in [0.2, 0.25) is 0 Å². The predicted molar refractivity (Wildman–Crippen MR) is 77.1 cm³/mol. The minimum atomic E-state index is 0.334. The zero-order chi connectivity index (χ0) is 14.8. The van der Waals surface area contributed by atoms with Crippen molar-refractivity contribution in [3.05, 3.63) is 31.1 Å². The number of benzene rings is 1. The van der Waals surface area contributed by atoms with Crippen LogP contribution in [0.2, 0.25) is 0 Å². The maximum atomic E-state index is 5.52. The Bertz CT molecular complexity index is 813. The van der Waals surface area contributed by atoms with E-state index in [1.165, 1.54) is 10.8 Å². The summed E-state index contributed by atoms with van der Waals surface area (Å²) in [5.41, 5.74) is 1.33. The Kier molecular flexibility index (Phi) is 3.31. The number of hydrogen-bond donors (Lipinski definition) is 0. The Balaban J connectivity index is 2.30. The van der Waals surface area contributed by atoms with Gasteiger partial charge in [0.15, 0.2) is 17.1 Å². The monoisotopic (exact) mass is 286 g/mol. The fourth-order valence-electron chi connectivity index (χ4n) is 2.08. The summed E-state index contributed by atoms with van der Waals surface area (Å²) in [7, 11) is 3.16. The number of nitrogens with zero attached hydrogens (tertiary/aromatic N) is 4. The second-order valence-electron chi connectivity index (χ2n) is 4.21. The van der Waals surface area contributed by atoms with Gasteiger partial charge in [0.25, 0.3) is 0 Å². The van der Waals surface area contributed by atoms with Crippen LogP contribution in [0, 0.1) is 0 Å². The SMILES string of the molecule is C=CCOc1nc2cc(OC)c(OC)cc2c2ncnn12. The van der Waals surface area contributed by atoms with Gasteiger partial charge >= 0.3 is 6.01 Å². The highest BCUT2D eigenvalue weighted by atomic mass is 16.5. The van der Waals surface area contributed by atoms with Gasteiger partial charge in [0, 0.05) is 11.5 Å². The second kappa shape index (κ2) is 5.28. The fourth-order valence-corrected chi connectivity index (χ4v) is 2.08. The van der Waals surface area contributed by atoms with Gasteiger partial charge in [-0.2, -0.15) is 14.6 Å². The average molecular weight is 286 g/mol. The summed E-state index contributed by atoms with van der Waals surface area (Å²) >= 11 is 0. The van der Waals surface area contributed by atoms with Crippen LogP contribution in [-0.4, -0.2) is 40.4 Å². The van der Waals surface area contributed by atoms with Crippen LogP contribution in [0.4, 0.5) is 0 Å². The molecule has 0 atom stereocenters. The van der Waals surface area contributed by atoms with Crippen molar-refractivity contribution in [2.24, 2.45) is 0 Å². The van der Waals surface area contributed by atoms with Gasteiger partial charge < -0.3 is 14.2 Å². The predicted octanol–water partition coefficient (Wildman–Crippen LogP) is 1.86. The molecule has 0 fully saturated rings. The molecule has 0 radical (unpaired) electrons. The molecule has 0 aliphatic rings. The van der Waals surface area contributed by atoms with Crippen molar-refractivity contribution in [2.75, 3.05) is 20.8 Å². The first-order valence-electron chi connectivity index (χ1n) is 6.27. The molecule has 0 bridgehead atoms. The summed E-state index contributed by atoms with van der Waals surface area (Å²) < 4.78 is 17.7. The number of aromatic nitrogens is 4. The number of fused-ring (bicyclic) bond motifs is 3. The van der Waals surface area contributed by atoms with E-state index in [4.69, 9.17) is 14.2 Å². The third kappa shape index (κ3) is 2.12. The smallest absolute Gasteiger partial charge is 0.320 e. The summed E-state index contributed by atoms with van der Waals surface area (Å²) in [6, 6.07) is 3.95. The Morgan fingerprint density at radius 2 is 2.00 bits per heavy atom. The molecule has 3 aromatic rings. The van der Waals surface area contributed by atoms with Gasteiger partial charge in [-0.3, -0.25) is 0 Å². The van der Waals surface area contributed by atoms with Crippen LogP contribution in [0.3, 0.4) is 0 Å². The lowest BCUT2D eigenvalue weighted by Crippen LogP contribution is -2.04. The van der Waals surface area contributed by atoms with Crippen molar-refractivity contribution in [1.29, 1.82) is 0 Å². The molecule has 1 aromatic carbocycles. The van der Waals surface area contributed by atoms with Crippen LogP contribution in [0.5, 0.6) is 17.5 Å². The van der Waals surface area contributed by atoms with Gasteiger partial charge in [-0.25, -0.2) is 4.98 Å². The molecule has 0 unspecified atom stereocenters. The molecule has 2 aromatic heterocycles. The minimum Gasteiger partial charge on any atom is -0.493 e. The molecular formula is C14H14N4O3. The molecular weight excluding hydrogens is 272 g/mol. The van der Waals surface area contributed by atoms with Crippen molar-refractivity contribution < 1.29 is 14.2 Å². The lowest BCUT2D eigenvalue weighted by Gasteiger charge is -2.11. The quantitative estimate of drug-likeness (QED) is 0.667. The van der Waals surface area contributed by atoms with E-state index in [1.807, 2.05) is 6.07 Å². The van der Waals surface area contributed by atoms with Crippen molar-refractivity contribution >= 4 is 16.6 Å². The second-order valence-corrected chi connectivity index (χ2v) is 4.21. The molecule has 0 saturated carbocycles. The highest BCUT2D eigenvalue weighted by Gasteiger charge is 2.15. The Morgan fingerprint density at radius 1 is 1.24 bits per heavy atom. The van der Waals surface area contributed by atoms with E-state index < -0.39 is 0 Å². The van der Waals surface area contributed by atoms with Crippen LogP contribution >= 0.6 is 0 Å². The van der Waals surface area contributed by atoms with Crippen LogP contribution in [-0.2, 0) is 0 Å². The lowest BCUT2D eigenvalue weighted by molar-refractivity contribution is 0.324. The van der Waals surface area contributed by atoms with E-state index in [2.05, 4.69) is 21.6 Å². The maximum absolute atomic E-state index is 5.52. The molecule has 21 heavy (non-hydrogen) atoms. The third-order valence-electron chi connectivity index (χ3n) is 3.02. The largest absolute Gasteiger partial charge is 0.493 e. The van der Waals surface area contributed by atoms with E-state index in [-0.39, 0.29) is 0 Å². The Morgan fingerprint density at radius 3 is 2.71 bits per heavy atom. The van der Waals surface area contributed by atoms with Crippen molar-refractivity contribution in [1.82, 2.24) is 19.6 Å². The Hall–Kier alpha value is -2.83. The van der Waals surface area contributed by atoms with Crippen LogP contribution in [0.15, 0.2) is 31.1 Å². The first-order chi connectivity index (χ1) is 10.3. The number of rotatable bonds is 5. The molecule has 0 spiro atoms. The van der Waals surface area contributed by atoms with Crippen molar-refractivity contribution in [3.63, 3.8) is 0 Å². The van der Waals surface area contributed by atoms with E-state index >= 15 is 0 Å². The van der Waals surface area contributed by atoms with Crippen LogP contribution in [0.25, 0.3) is 16.6 Å². The Labute approximate surface area is 120 Å². The highest BCUT2D eigenvalue weighted by molar-refractivity contribution is 5.93. The molecule has 7 nitrogen and oxygen atoms in total. The van der Waals surface area contributed by atoms with E-state index in [0.717, 1.165) is 5.39 Å². The summed E-state index contributed by atoms with van der Waals surface area (Å²) in [5.74, 6) is 1.20. The normalized spacial score (nSPS) is 10.8. The van der Waals surface area contributed by atoms with E-state index in [0.29, 0.717) is 35.3 Å². The maximum Gasteiger partial charge on any atom is 0.320 e. The zero-order valence-corrected chi connectivity index (χ0v) is 11.7. The van der Waals surface area contributed by atoms with Gasteiger partial charge in [-0.15, -0.1) is 0 Å². The molecule has 0 aliphatic carbocycles. The molecule has 2 heterocycles. The zero-order valence-electron chi connectivity index (χ0n) is 11.7. The summed E-state index contributed by atoms with van der Waals surface area (Å²) in [6.45, 7) is 3.96. The van der Waals surface area contributed by atoms with Crippen LogP contribution < -0.4 is 14.2 Å². The number of methoxy groups -OCH3 is 2. The molecule has 0 saturated heterocycles. The summed E-state index contributed by atoms with van der Waals surface area (Å²) in [6.07, 6.45) is 3.09. The minimum absolute atomic E-state index is 0.334. The van der Waals surface area contributed by atoms with Gasteiger partial charge in [-0.1, -0.05) is 12.7 Å². The lowest BCUT2D eigenvalue weighted by atomic mass is 10.2.